The topological polar surface area (TPSA) is 18.5 Å². The maximum Gasteiger partial charge on any atom is 0.0518 e. The highest BCUT2D eigenvalue weighted by Crippen LogP contribution is 2.23. The standard InChI is InChI=1S/C24H44O2/c1-23(2)26-22-16-21-25-20-15-11-9-7-5-3-4-6-8-10-12-17-24-18-13-14-19-24/h23-24H,3-11,13-16,18-22H2,1-2H3. The highest BCUT2D eigenvalue weighted by molar-refractivity contribution is 5.04. The smallest absolute Gasteiger partial charge is 0.0518 e. The molecule has 0 unspecified atom stereocenters. The van der Waals surface area contributed by atoms with Crippen molar-refractivity contribution in [3.63, 3.8) is 0 Å². The lowest BCUT2D eigenvalue weighted by Gasteiger charge is -2.07. The third-order valence-corrected chi connectivity index (χ3v) is 5.14. The average molecular weight is 365 g/mol. The van der Waals surface area contributed by atoms with Gasteiger partial charge in [0.15, 0.2) is 0 Å². The van der Waals surface area contributed by atoms with Gasteiger partial charge in [0.05, 0.1) is 6.10 Å². The van der Waals surface area contributed by atoms with Crippen molar-refractivity contribution in [1.82, 2.24) is 0 Å². The molecule has 1 aliphatic rings. The van der Waals surface area contributed by atoms with E-state index >= 15 is 0 Å². The summed E-state index contributed by atoms with van der Waals surface area (Å²) >= 11 is 0. The van der Waals surface area contributed by atoms with Gasteiger partial charge in [0.25, 0.3) is 0 Å². The second kappa shape index (κ2) is 17.9. The van der Waals surface area contributed by atoms with Gasteiger partial charge >= 0.3 is 0 Å². The SMILES string of the molecule is CC(C)OCCCOCCCCCCCCCCCC#CC1CCCC1. The number of rotatable bonds is 16. The van der Waals surface area contributed by atoms with Crippen LogP contribution in [0.5, 0.6) is 0 Å². The molecule has 1 aliphatic carbocycles. The molecular formula is C24H44O2. The lowest BCUT2D eigenvalue weighted by Crippen LogP contribution is -2.07. The van der Waals surface area contributed by atoms with Gasteiger partial charge in [-0.3, -0.25) is 0 Å². The van der Waals surface area contributed by atoms with Crippen molar-refractivity contribution in [3.8, 4) is 11.8 Å². The Kier molecular flexibility index (Phi) is 16.2. The third-order valence-electron chi connectivity index (χ3n) is 5.14. The highest BCUT2D eigenvalue weighted by Gasteiger charge is 2.10. The minimum atomic E-state index is 0.338. The quantitative estimate of drug-likeness (QED) is 0.219. The Bertz CT molecular complexity index is 347. The molecule has 0 heterocycles. The summed E-state index contributed by atoms with van der Waals surface area (Å²) in [7, 11) is 0. The van der Waals surface area contributed by atoms with Gasteiger partial charge in [-0.1, -0.05) is 63.7 Å². The Labute approximate surface area is 163 Å². The number of ether oxygens (including phenoxy) is 2. The van der Waals surface area contributed by atoms with Crippen LogP contribution in [-0.2, 0) is 9.47 Å². The first-order chi connectivity index (χ1) is 12.8. The second-order valence-electron chi connectivity index (χ2n) is 8.12. The fraction of sp³-hybridized carbons (Fsp3) is 0.917. The van der Waals surface area contributed by atoms with Gasteiger partial charge in [0.1, 0.15) is 0 Å². The van der Waals surface area contributed by atoms with Crippen LogP contribution >= 0.6 is 0 Å². The molecular weight excluding hydrogens is 320 g/mol. The number of hydrogen-bond acceptors (Lipinski definition) is 2. The molecule has 0 spiro atoms. The molecule has 1 saturated carbocycles. The minimum absolute atomic E-state index is 0.338. The van der Waals surface area contributed by atoms with Gasteiger partial charge in [-0.15, -0.1) is 5.92 Å². The molecule has 1 rings (SSSR count). The summed E-state index contributed by atoms with van der Waals surface area (Å²) in [5, 5.41) is 0. The van der Waals surface area contributed by atoms with Gasteiger partial charge in [-0.2, -0.15) is 0 Å². The van der Waals surface area contributed by atoms with Crippen molar-refractivity contribution in [2.45, 2.75) is 116 Å². The molecule has 2 nitrogen and oxygen atoms in total. The summed E-state index contributed by atoms with van der Waals surface area (Å²) in [6, 6.07) is 0. The summed E-state index contributed by atoms with van der Waals surface area (Å²) < 4.78 is 11.1. The normalized spacial score (nSPS) is 14.7. The zero-order valence-electron chi connectivity index (χ0n) is 17.7. The van der Waals surface area contributed by atoms with Crippen LogP contribution in [-0.4, -0.2) is 25.9 Å². The second-order valence-corrected chi connectivity index (χ2v) is 8.12. The Morgan fingerprint density at radius 3 is 1.96 bits per heavy atom. The first-order valence-electron chi connectivity index (χ1n) is 11.5. The Balaban J connectivity index is 1.68. The molecule has 1 fully saturated rings. The third kappa shape index (κ3) is 15.7. The molecule has 0 saturated heterocycles. The molecule has 0 N–H and O–H groups in total. The van der Waals surface area contributed by atoms with Crippen LogP contribution in [0.15, 0.2) is 0 Å². The van der Waals surface area contributed by atoms with Crippen molar-refractivity contribution in [3.05, 3.63) is 0 Å². The predicted octanol–water partition coefficient (Wildman–Crippen LogP) is 6.91. The molecule has 0 aromatic carbocycles. The Morgan fingerprint density at radius 1 is 0.731 bits per heavy atom. The van der Waals surface area contributed by atoms with Crippen LogP contribution < -0.4 is 0 Å². The molecule has 0 amide bonds. The molecule has 26 heavy (non-hydrogen) atoms. The van der Waals surface area contributed by atoms with Gasteiger partial charge in [-0.05, 0) is 46.0 Å². The number of unbranched alkanes of at least 4 members (excludes halogenated alkanes) is 9. The molecule has 0 atom stereocenters. The fourth-order valence-electron chi connectivity index (χ4n) is 3.52. The molecule has 2 heteroatoms. The van der Waals surface area contributed by atoms with Crippen molar-refractivity contribution in [2.24, 2.45) is 5.92 Å². The van der Waals surface area contributed by atoms with E-state index in [0.29, 0.717) is 6.10 Å². The molecule has 0 bridgehead atoms. The van der Waals surface area contributed by atoms with Crippen molar-refractivity contribution in [2.75, 3.05) is 19.8 Å². The maximum absolute atomic E-state index is 5.65. The summed E-state index contributed by atoms with van der Waals surface area (Å²) in [5.41, 5.74) is 0. The maximum atomic E-state index is 5.65. The largest absolute Gasteiger partial charge is 0.381 e. The molecule has 0 aromatic rings. The summed E-state index contributed by atoms with van der Waals surface area (Å²) in [4.78, 5) is 0. The van der Waals surface area contributed by atoms with E-state index in [0.717, 1.165) is 38.6 Å². The summed E-state index contributed by atoms with van der Waals surface area (Å²) in [6.45, 7) is 6.74. The van der Waals surface area contributed by atoms with E-state index in [9.17, 15) is 0 Å². The lowest BCUT2D eigenvalue weighted by atomic mass is 10.1. The van der Waals surface area contributed by atoms with Crippen molar-refractivity contribution < 1.29 is 9.47 Å². The van der Waals surface area contributed by atoms with Gasteiger partial charge in [0.2, 0.25) is 0 Å². The molecule has 0 aliphatic heterocycles. The Morgan fingerprint density at radius 2 is 1.31 bits per heavy atom. The van der Waals surface area contributed by atoms with E-state index in [1.165, 1.54) is 83.5 Å². The lowest BCUT2D eigenvalue weighted by molar-refractivity contribution is 0.0507. The van der Waals surface area contributed by atoms with E-state index in [4.69, 9.17) is 9.47 Å². The first kappa shape index (κ1) is 23.5. The van der Waals surface area contributed by atoms with E-state index in [2.05, 4.69) is 25.7 Å². The minimum Gasteiger partial charge on any atom is -0.381 e. The average Bonchev–Trinajstić information content (AvgIpc) is 3.14. The summed E-state index contributed by atoms with van der Waals surface area (Å²) in [6.07, 6.45) is 20.2. The zero-order valence-corrected chi connectivity index (χ0v) is 17.7. The number of hydrogen-bond donors (Lipinski definition) is 0. The van der Waals surface area contributed by atoms with E-state index in [-0.39, 0.29) is 0 Å². The van der Waals surface area contributed by atoms with Crippen LogP contribution in [0.1, 0.15) is 110 Å². The van der Waals surface area contributed by atoms with Crippen LogP contribution in [0.3, 0.4) is 0 Å². The van der Waals surface area contributed by atoms with Crippen molar-refractivity contribution in [1.29, 1.82) is 0 Å². The van der Waals surface area contributed by atoms with Crippen LogP contribution in [0.4, 0.5) is 0 Å². The van der Waals surface area contributed by atoms with Crippen molar-refractivity contribution >= 4 is 0 Å². The molecule has 0 radical (unpaired) electrons. The predicted molar refractivity (Wildman–Crippen MR) is 112 cm³/mol. The Hall–Kier alpha value is -0.520. The molecule has 152 valence electrons. The van der Waals surface area contributed by atoms with Gasteiger partial charge in [0, 0.05) is 32.2 Å². The van der Waals surface area contributed by atoms with Crippen LogP contribution in [0.25, 0.3) is 0 Å². The van der Waals surface area contributed by atoms with Gasteiger partial charge < -0.3 is 9.47 Å². The first-order valence-corrected chi connectivity index (χ1v) is 11.5. The van der Waals surface area contributed by atoms with Gasteiger partial charge in [-0.25, -0.2) is 0 Å². The van der Waals surface area contributed by atoms with E-state index in [1.54, 1.807) is 0 Å². The van der Waals surface area contributed by atoms with Crippen LogP contribution in [0, 0.1) is 17.8 Å². The van der Waals surface area contributed by atoms with Crippen LogP contribution in [0.2, 0.25) is 0 Å². The fourth-order valence-corrected chi connectivity index (χ4v) is 3.52. The monoisotopic (exact) mass is 364 g/mol. The molecule has 0 aromatic heterocycles. The van der Waals surface area contributed by atoms with E-state index in [1.807, 2.05) is 0 Å². The summed E-state index contributed by atoms with van der Waals surface area (Å²) in [5.74, 6) is 7.61. The van der Waals surface area contributed by atoms with E-state index < -0.39 is 0 Å². The highest BCUT2D eigenvalue weighted by atomic mass is 16.5. The zero-order chi connectivity index (χ0) is 18.7.